The first-order valence-corrected chi connectivity index (χ1v) is 13.0. The van der Waals surface area contributed by atoms with Gasteiger partial charge in [-0.05, 0) is 44.0 Å². The number of hydrogen-bond acceptors (Lipinski definition) is 7. The molecular weight excluding hydrogens is 452 g/mol. The van der Waals surface area contributed by atoms with Crippen molar-refractivity contribution in [1.82, 2.24) is 10.2 Å². The number of aromatic nitrogens is 2. The van der Waals surface area contributed by atoms with Crippen LogP contribution < -0.4 is 9.62 Å². The quantitative estimate of drug-likeness (QED) is 0.361. The largest absolute Gasteiger partial charge is 0.299 e. The highest BCUT2D eigenvalue weighted by Crippen LogP contribution is 2.28. The van der Waals surface area contributed by atoms with Crippen molar-refractivity contribution in [2.24, 2.45) is 0 Å². The fourth-order valence-corrected chi connectivity index (χ4v) is 5.96. The van der Waals surface area contributed by atoms with Gasteiger partial charge in [-0.25, -0.2) is 8.42 Å². The summed E-state index contributed by atoms with van der Waals surface area (Å²) in [4.78, 5) is 12.9. The second kappa shape index (κ2) is 10.3. The third kappa shape index (κ3) is 5.84. The molecule has 0 aliphatic carbocycles. The molecule has 0 spiro atoms. The van der Waals surface area contributed by atoms with E-state index in [-0.39, 0.29) is 11.4 Å². The summed E-state index contributed by atoms with van der Waals surface area (Å²) in [6.07, 6.45) is 1.01. The van der Waals surface area contributed by atoms with Crippen LogP contribution in [0.5, 0.6) is 0 Å². The molecule has 10 heteroatoms. The summed E-state index contributed by atoms with van der Waals surface area (Å²) in [5.74, 6) is 0.431. The highest BCUT2D eigenvalue weighted by Gasteiger charge is 2.28. The van der Waals surface area contributed by atoms with Gasteiger partial charge in [-0.1, -0.05) is 65.9 Å². The number of aryl methyl sites for hydroxylation is 2. The summed E-state index contributed by atoms with van der Waals surface area (Å²) in [5.41, 5.74) is 2.15. The minimum absolute atomic E-state index is 0.128. The predicted octanol–water partition coefficient (Wildman–Crippen LogP) is 4.49. The standard InChI is InChI=1S/C21H24N4O3S3/c1-4-13-29-21-24-23-20(30-21)22-19(26)14-25(18-8-6-5-7-16(18)3)31(27,28)17-11-9-15(2)10-12-17/h5-12H,4,13-14H2,1-3H3,(H,22,23,26). The van der Waals surface area contributed by atoms with Gasteiger partial charge in [0.05, 0.1) is 10.6 Å². The van der Waals surface area contributed by atoms with Crippen LogP contribution in [0.2, 0.25) is 0 Å². The molecule has 0 fully saturated rings. The average Bonchev–Trinajstić information content (AvgIpc) is 3.18. The van der Waals surface area contributed by atoms with E-state index in [1.165, 1.54) is 11.3 Å². The van der Waals surface area contributed by atoms with Gasteiger partial charge >= 0.3 is 0 Å². The molecule has 1 aromatic heterocycles. The van der Waals surface area contributed by atoms with Crippen molar-refractivity contribution < 1.29 is 13.2 Å². The normalized spacial score (nSPS) is 11.3. The van der Waals surface area contributed by atoms with Crippen molar-refractivity contribution in [2.75, 3.05) is 21.9 Å². The number of anilines is 2. The molecule has 0 unspecified atom stereocenters. The first kappa shape index (κ1) is 23.2. The lowest BCUT2D eigenvalue weighted by Gasteiger charge is -2.25. The number of para-hydroxylation sites is 1. The van der Waals surface area contributed by atoms with E-state index in [1.54, 1.807) is 48.2 Å². The SMILES string of the molecule is CCCSc1nnc(NC(=O)CN(c2ccccc2C)S(=O)(=O)c2ccc(C)cc2)s1. The molecule has 0 aliphatic rings. The Morgan fingerprint density at radius 3 is 2.48 bits per heavy atom. The number of amides is 1. The van der Waals surface area contributed by atoms with Crippen LogP contribution in [0, 0.1) is 13.8 Å². The van der Waals surface area contributed by atoms with Crippen molar-refractivity contribution in [1.29, 1.82) is 0 Å². The van der Waals surface area contributed by atoms with Gasteiger partial charge in [-0.15, -0.1) is 10.2 Å². The van der Waals surface area contributed by atoms with E-state index in [1.807, 2.05) is 26.0 Å². The molecule has 1 heterocycles. The van der Waals surface area contributed by atoms with E-state index >= 15 is 0 Å². The molecule has 3 aromatic rings. The van der Waals surface area contributed by atoms with Crippen LogP contribution in [0.1, 0.15) is 24.5 Å². The van der Waals surface area contributed by atoms with E-state index in [0.29, 0.717) is 10.8 Å². The third-order valence-electron chi connectivity index (χ3n) is 4.36. The van der Waals surface area contributed by atoms with Crippen molar-refractivity contribution in [3.8, 4) is 0 Å². The van der Waals surface area contributed by atoms with Gasteiger partial charge in [0.25, 0.3) is 10.0 Å². The van der Waals surface area contributed by atoms with Gasteiger partial charge in [-0.3, -0.25) is 14.4 Å². The second-order valence-corrected chi connectivity index (χ2v) is 11.1. The Kier molecular flexibility index (Phi) is 7.69. The predicted molar refractivity (Wildman–Crippen MR) is 126 cm³/mol. The Balaban J connectivity index is 1.87. The minimum atomic E-state index is -3.95. The van der Waals surface area contributed by atoms with E-state index in [4.69, 9.17) is 0 Å². The van der Waals surface area contributed by atoms with E-state index < -0.39 is 15.9 Å². The maximum atomic E-state index is 13.4. The van der Waals surface area contributed by atoms with Crippen LogP contribution in [-0.2, 0) is 14.8 Å². The number of thioether (sulfide) groups is 1. The molecule has 0 bridgehead atoms. The average molecular weight is 477 g/mol. The molecule has 3 rings (SSSR count). The molecule has 2 aromatic carbocycles. The summed E-state index contributed by atoms with van der Waals surface area (Å²) < 4.78 is 28.7. The lowest BCUT2D eigenvalue weighted by molar-refractivity contribution is -0.114. The molecule has 164 valence electrons. The molecular formula is C21H24N4O3S3. The molecule has 0 atom stereocenters. The number of carbonyl (C=O) groups excluding carboxylic acids is 1. The Bertz CT molecular complexity index is 1140. The maximum absolute atomic E-state index is 13.4. The number of sulfonamides is 1. The van der Waals surface area contributed by atoms with Gasteiger partial charge in [0.1, 0.15) is 6.54 Å². The van der Waals surface area contributed by atoms with Gasteiger partial charge in [0.2, 0.25) is 11.0 Å². The minimum Gasteiger partial charge on any atom is -0.299 e. The highest BCUT2D eigenvalue weighted by molar-refractivity contribution is 8.01. The molecule has 1 N–H and O–H groups in total. The maximum Gasteiger partial charge on any atom is 0.264 e. The van der Waals surface area contributed by atoms with Crippen LogP contribution in [-0.4, -0.2) is 36.8 Å². The van der Waals surface area contributed by atoms with Gasteiger partial charge in [0.15, 0.2) is 4.34 Å². The van der Waals surface area contributed by atoms with E-state index in [9.17, 15) is 13.2 Å². The number of nitrogens with one attached hydrogen (secondary N) is 1. The molecule has 0 saturated carbocycles. The fraction of sp³-hybridized carbons (Fsp3) is 0.286. The number of benzene rings is 2. The summed E-state index contributed by atoms with van der Waals surface area (Å²) in [5, 5.41) is 11.1. The van der Waals surface area contributed by atoms with Crippen LogP contribution >= 0.6 is 23.1 Å². The van der Waals surface area contributed by atoms with Crippen molar-refractivity contribution >= 4 is 49.8 Å². The Hall–Kier alpha value is -2.43. The topological polar surface area (TPSA) is 92.3 Å². The number of nitrogens with zero attached hydrogens (tertiary/aromatic N) is 3. The van der Waals surface area contributed by atoms with Crippen LogP contribution in [0.4, 0.5) is 10.8 Å². The Morgan fingerprint density at radius 2 is 1.81 bits per heavy atom. The third-order valence-corrected chi connectivity index (χ3v) is 8.31. The highest BCUT2D eigenvalue weighted by atomic mass is 32.2. The summed E-state index contributed by atoms with van der Waals surface area (Å²) in [7, 11) is -3.95. The lowest BCUT2D eigenvalue weighted by Crippen LogP contribution is -2.38. The van der Waals surface area contributed by atoms with Gasteiger partial charge in [0, 0.05) is 5.75 Å². The van der Waals surface area contributed by atoms with E-state index in [0.717, 1.165) is 31.9 Å². The molecule has 0 aliphatic heterocycles. The van der Waals surface area contributed by atoms with Crippen LogP contribution in [0.3, 0.4) is 0 Å². The molecule has 0 radical (unpaired) electrons. The molecule has 31 heavy (non-hydrogen) atoms. The van der Waals surface area contributed by atoms with Gasteiger partial charge in [-0.2, -0.15) is 0 Å². The van der Waals surface area contributed by atoms with Crippen molar-refractivity contribution in [2.45, 2.75) is 36.4 Å². The Labute approximate surface area is 191 Å². The molecule has 1 amide bonds. The van der Waals surface area contributed by atoms with Crippen LogP contribution in [0.15, 0.2) is 57.8 Å². The molecule has 0 saturated heterocycles. The monoisotopic (exact) mass is 476 g/mol. The number of hydrogen-bond donors (Lipinski definition) is 1. The smallest absolute Gasteiger partial charge is 0.264 e. The number of carbonyl (C=O) groups is 1. The first-order valence-electron chi connectivity index (χ1n) is 9.72. The zero-order chi connectivity index (χ0) is 22.4. The second-order valence-electron chi connectivity index (χ2n) is 6.88. The lowest BCUT2D eigenvalue weighted by atomic mass is 10.2. The first-order chi connectivity index (χ1) is 14.8. The summed E-state index contributed by atoms with van der Waals surface area (Å²) in [6, 6.07) is 13.7. The van der Waals surface area contributed by atoms with Crippen molar-refractivity contribution in [3.63, 3.8) is 0 Å². The summed E-state index contributed by atoms with van der Waals surface area (Å²) in [6.45, 7) is 5.40. The van der Waals surface area contributed by atoms with E-state index in [2.05, 4.69) is 22.4 Å². The zero-order valence-electron chi connectivity index (χ0n) is 17.5. The van der Waals surface area contributed by atoms with Gasteiger partial charge < -0.3 is 0 Å². The summed E-state index contributed by atoms with van der Waals surface area (Å²) >= 11 is 2.84. The Morgan fingerprint density at radius 1 is 1.10 bits per heavy atom. The number of rotatable bonds is 9. The molecule has 7 nitrogen and oxygen atoms in total. The zero-order valence-corrected chi connectivity index (χ0v) is 20.0. The fourth-order valence-electron chi connectivity index (χ4n) is 2.78. The van der Waals surface area contributed by atoms with Crippen molar-refractivity contribution in [3.05, 3.63) is 59.7 Å². The van der Waals surface area contributed by atoms with Crippen LogP contribution in [0.25, 0.3) is 0 Å².